The summed E-state index contributed by atoms with van der Waals surface area (Å²) >= 11 is 0. The number of esters is 1. The van der Waals surface area contributed by atoms with Gasteiger partial charge in [-0.05, 0) is 29.5 Å². The number of ether oxygens (including phenoxy) is 1. The summed E-state index contributed by atoms with van der Waals surface area (Å²) < 4.78 is 5.37. The van der Waals surface area contributed by atoms with Crippen molar-refractivity contribution in [2.24, 2.45) is 0 Å². The SMILES string of the molecule is CCCCCCCCCCCOC(=O)c1ccc(C(C)(C)C)cc1. The molecular formula is C22H36O2. The van der Waals surface area contributed by atoms with E-state index in [0.717, 1.165) is 12.8 Å². The molecule has 0 amide bonds. The van der Waals surface area contributed by atoms with Gasteiger partial charge in [-0.1, -0.05) is 91.2 Å². The van der Waals surface area contributed by atoms with Crippen molar-refractivity contribution in [1.29, 1.82) is 0 Å². The molecule has 0 spiro atoms. The van der Waals surface area contributed by atoms with E-state index in [0.29, 0.717) is 12.2 Å². The van der Waals surface area contributed by atoms with Gasteiger partial charge in [0, 0.05) is 0 Å². The smallest absolute Gasteiger partial charge is 0.338 e. The fourth-order valence-corrected chi connectivity index (χ4v) is 2.77. The van der Waals surface area contributed by atoms with Gasteiger partial charge in [0.1, 0.15) is 0 Å². The van der Waals surface area contributed by atoms with Crippen molar-refractivity contribution >= 4 is 5.97 Å². The molecule has 0 radical (unpaired) electrons. The molecule has 0 fully saturated rings. The molecule has 0 unspecified atom stereocenters. The second-order valence-electron chi connectivity index (χ2n) is 7.79. The van der Waals surface area contributed by atoms with E-state index in [1.54, 1.807) is 0 Å². The molecule has 0 saturated carbocycles. The van der Waals surface area contributed by atoms with Crippen LogP contribution in [0.1, 0.15) is 101 Å². The molecule has 0 saturated heterocycles. The number of benzene rings is 1. The average molecular weight is 333 g/mol. The molecule has 0 aliphatic carbocycles. The van der Waals surface area contributed by atoms with Crippen molar-refractivity contribution in [3.8, 4) is 0 Å². The standard InChI is InChI=1S/C22H36O2/c1-5-6-7-8-9-10-11-12-13-18-24-21(23)19-14-16-20(17-15-19)22(2,3)4/h14-17H,5-13,18H2,1-4H3. The molecule has 0 N–H and O–H groups in total. The van der Waals surface area contributed by atoms with E-state index in [2.05, 4.69) is 27.7 Å². The van der Waals surface area contributed by atoms with Gasteiger partial charge in [0.25, 0.3) is 0 Å². The number of unbranched alkanes of at least 4 members (excludes halogenated alkanes) is 8. The Hall–Kier alpha value is -1.31. The lowest BCUT2D eigenvalue weighted by Crippen LogP contribution is -2.12. The number of carbonyl (C=O) groups excluding carboxylic acids is 1. The lowest BCUT2D eigenvalue weighted by Gasteiger charge is -2.18. The van der Waals surface area contributed by atoms with Crippen molar-refractivity contribution < 1.29 is 9.53 Å². The molecule has 1 aromatic rings. The van der Waals surface area contributed by atoms with Gasteiger partial charge in [0.15, 0.2) is 0 Å². The molecule has 0 atom stereocenters. The number of carbonyl (C=O) groups is 1. The van der Waals surface area contributed by atoms with E-state index in [1.165, 1.54) is 50.5 Å². The van der Waals surface area contributed by atoms with E-state index < -0.39 is 0 Å². The molecule has 0 aliphatic heterocycles. The molecule has 0 aliphatic rings. The van der Waals surface area contributed by atoms with Gasteiger partial charge in [-0.2, -0.15) is 0 Å². The summed E-state index contributed by atoms with van der Waals surface area (Å²) in [5.41, 5.74) is 2.00. The number of hydrogen-bond acceptors (Lipinski definition) is 2. The van der Waals surface area contributed by atoms with E-state index in [-0.39, 0.29) is 11.4 Å². The Morgan fingerprint density at radius 2 is 1.33 bits per heavy atom. The number of hydrogen-bond donors (Lipinski definition) is 0. The summed E-state index contributed by atoms with van der Waals surface area (Å²) in [5.74, 6) is -0.199. The van der Waals surface area contributed by atoms with Crippen LogP contribution in [0.25, 0.3) is 0 Å². The van der Waals surface area contributed by atoms with Gasteiger partial charge in [0.05, 0.1) is 12.2 Å². The fourth-order valence-electron chi connectivity index (χ4n) is 2.77. The summed E-state index contributed by atoms with van der Waals surface area (Å²) in [5, 5.41) is 0. The number of rotatable bonds is 11. The molecular weight excluding hydrogens is 296 g/mol. The summed E-state index contributed by atoms with van der Waals surface area (Å²) in [4.78, 5) is 12.0. The first kappa shape index (κ1) is 20.7. The van der Waals surface area contributed by atoms with Crippen molar-refractivity contribution in [3.05, 3.63) is 35.4 Å². The van der Waals surface area contributed by atoms with Crippen LogP contribution in [0.3, 0.4) is 0 Å². The monoisotopic (exact) mass is 332 g/mol. The minimum absolute atomic E-state index is 0.110. The largest absolute Gasteiger partial charge is 0.462 e. The van der Waals surface area contributed by atoms with Crippen LogP contribution in [0, 0.1) is 0 Å². The zero-order valence-corrected chi connectivity index (χ0v) is 16.2. The van der Waals surface area contributed by atoms with E-state index >= 15 is 0 Å². The lowest BCUT2D eigenvalue weighted by molar-refractivity contribution is 0.0497. The molecule has 1 aromatic carbocycles. The van der Waals surface area contributed by atoms with E-state index in [4.69, 9.17) is 4.74 Å². The maximum absolute atomic E-state index is 12.0. The third-order valence-electron chi connectivity index (χ3n) is 4.47. The van der Waals surface area contributed by atoms with Crippen LogP contribution in [0.4, 0.5) is 0 Å². The fraction of sp³-hybridized carbons (Fsp3) is 0.682. The molecule has 1 rings (SSSR count). The summed E-state index contributed by atoms with van der Waals surface area (Å²) in [6.45, 7) is 9.30. The van der Waals surface area contributed by atoms with Crippen molar-refractivity contribution in [1.82, 2.24) is 0 Å². The second kappa shape index (κ2) is 11.3. The highest BCUT2D eigenvalue weighted by molar-refractivity contribution is 5.89. The van der Waals surface area contributed by atoms with Gasteiger partial charge < -0.3 is 4.74 Å². The van der Waals surface area contributed by atoms with Gasteiger partial charge in [-0.15, -0.1) is 0 Å². The molecule has 24 heavy (non-hydrogen) atoms. The topological polar surface area (TPSA) is 26.3 Å². The first-order chi connectivity index (χ1) is 11.4. The zero-order chi connectivity index (χ0) is 17.8. The highest BCUT2D eigenvalue weighted by Crippen LogP contribution is 2.22. The first-order valence-corrected chi connectivity index (χ1v) is 9.73. The predicted octanol–water partition coefficient (Wildman–Crippen LogP) is 6.67. The quantitative estimate of drug-likeness (QED) is 0.334. The Kier molecular flexibility index (Phi) is 9.75. The molecule has 2 heteroatoms. The third kappa shape index (κ3) is 8.52. The highest BCUT2D eigenvalue weighted by Gasteiger charge is 2.14. The first-order valence-electron chi connectivity index (χ1n) is 9.73. The lowest BCUT2D eigenvalue weighted by atomic mass is 9.87. The van der Waals surface area contributed by atoms with Crippen LogP contribution >= 0.6 is 0 Å². The normalized spacial score (nSPS) is 11.5. The van der Waals surface area contributed by atoms with E-state index in [1.807, 2.05) is 24.3 Å². The molecule has 0 bridgehead atoms. The van der Waals surface area contributed by atoms with Gasteiger partial charge >= 0.3 is 5.97 Å². The minimum Gasteiger partial charge on any atom is -0.462 e. The molecule has 0 aromatic heterocycles. The Balaban J connectivity index is 2.12. The Bertz CT molecular complexity index is 454. The van der Waals surface area contributed by atoms with Crippen LogP contribution in [0.5, 0.6) is 0 Å². The van der Waals surface area contributed by atoms with Crippen molar-refractivity contribution in [2.75, 3.05) is 6.61 Å². The molecule has 2 nitrogen and oxygen atoms in total. The summed E-state index contributed by atoms with van der Waals surface area (Å²) in [6.07, 6.45) is 11.5. The van der Waals surface area contributed by atoms with Crippen LogP contribution in [-0.4, -0.2) is 12.6 Å². The van der Waals surface area contributed by atoms with Gasteiger partial charge in [-0.25, -0.2) is 4.79 Å². The molecule has 0 heterocycles. The highest BCUT2D eigenvalue weighted by atomic mass is 16.5. The van der Waals surface area contributed by atoms with Crippen LogP contribution in [0.15, 0.2) is 24.3 Å². The Morgan fingerprint density at radius 1 is 0.833 bits per heavy atom. The van der Waals surface area contributed by atoms with Crippen molar-refractivity contribution in [2.45, 2.75) is 90.9 Å². The Morgan fingerprint density at radius 3 is 1.83 bits per heavy atom. The molecule has 136 valence electrons. The third-order valence-corrected chi connectivity index (χ3v) is 4.47. The van der Waals surface area contributed by atoms with Crippen LogP contribution < -0.4 is 0 Å². The maximum Gasteiger partial charge on any atom is 0.338 e. The second-order valence-corrected chi connectivity index (χ2v) is 7.79. The Labute approximate surface area is 149 Å². The van der Waals surface area contributed by atoms with Crippen LogP contribution in [-0.2, 0) is 10.2 Å². The van der Waals surface area contributed by atoms with Gasteiger partial charge in [0.2, 0.25) is 0 Å². The van der Waals surface area contributed by atoms with E-state index in [9.17, 15) is 4.79 Å². The summed E-state index contributed by atoms with van der Waals surface area (Å²) in [6, 6.07) is 7.79. The minimum atomic E-state index is -0.199. The summed E-state index contributed by atoms with van der Waals surface area (Å²) in [7, 11) is 0. The maximum atomic E-state index is 12.0. The van der Waals surface area contributed by atoms with Crippen LogP contribution in [0.2, 0.25) is 0 Å². The van der Waals surface area contributed by atoms with Crippen molar-refractivity contribution in [3.63, 3.8) is 0 Å². The van der Waals surface area contributed by atoms with Gasteiger partial charge in [-0.3, -0.25) is 0 Å². The average Bonchev–Trinajstić information content (AvgIpc) is 2.55. The zero-order valence-electron chi connectivity index (χ0n) is 16.2. The predicted molar refractivity (Wildman–Crippen MR) is 103 cm³/mol.